The summed E-state index contributed by atoms with van der Waals surface area (Å²) in [5.74, 6) is 0. The fourth-order valence-corrected chi connectivity index (χ4v) is 0.791. The van der Waals surface area contributed by atoms with Gasteiger partial charge in [0.2, 0.25) is 0 Å². The Bertz CT molecular complexity index is 151. The molecule has 2 heteroatoms. The fraction of sp³-hybridized carbons (Fsp3) is 0.500. The predicted octanol–water partition coefficient (Wildman–Crippen LogP) is 1.31. The molecule has 0 saturated carbocycles. The Morgan fingerprint density at radius 3 is 2.00 bits per heavy atom. The average molecular weight is 140 g/mol. The van der Waals surface area contributed by atoms with Gasteiger partial charge in [-0.3, -0.25) is 0 Å². The second-order valence-corrected chi connectivity index (χ2v) is 2.46. The smallest absolute Gasteiger partial charge is 0.0545 e. The number of hydrogen-bond donors (Lipinski definition) is 1. The van der Waals surface area contributed by atoms with Gasteiger partial charge in [0.1, 0.15) is 0 Å². The number of hydrogen-bond acceptors (Lipinski definition) is 2. The standard InChI is InChI=1S/C8H16N2/c1-5-6-8(7(2)9)10(3)4/h5-6H,9H2,1-4H3/b6-5-,8-7+. The van der Waals surface area contributed by atoms with Crippen molar-refractivity contribution in [2.24, 2.45) is 5.73 Å². The van der Waals surface area contributed by atoms with Crippen LogP contribution >= 0.6 is 0 Å². The topological polar surface area (TPSA) is 29.3 Å². The Labute approximate surface area is 63.0 Å². The lowest BCUT2D eigenvalue weighted by atomic mass is 10.3. The molecule has 0 bridgehead atoms. The van der Waals surface area contributed by atoms with Crippen LogP contribution in [0.1, 0.15) is 13.8 Å². The molecule has 0 spiro atoms. The van der Waals surface area contributed by atoms with Gasteiger partial charge >= 0.3 is 0 Å². The maximum Gasteiger partial charge on any atom is 0.0545 e. The molecule has 0 radical (unpaired) electrons. The van der Waals surface area contributed by atoms with E-state index in [0.29, 0.717) is 0 Å². The number of nitrogens with two attached hydrogens (primary N) is 1. The summed E-state index contributed by atoms with van der Waals surface area (Å²) < 4.78 is 0. The summed E-state index contributed by atoms with van der Waals surface area (Å²) in [4.78, 5) is 2.00. The maximum absolute atomic E-state index is 5.61. The highest BCUT2D eigenvalue weighted by Crippen LogP contribution is 2.02. The second kappa shape index (κ2) is 3.99. The normalized spacial score (nSPS) is 13.6. The molecule has 0 aliphatic carbocycles. The van der Waals surface area contributed by atoms with E-state index in [0.717, 1.165) is 11.4 Å². The Kier molecular flexibility index (Phi) is 3.62. The minimum atomic E-state index is 0.850. The van der Waals surface area contributed by atoms with Crippen molar-refractivity contribution >= 4 is 0 Å². The van der Waals surface area contributed by atoms with Crippen LogP contribution in [0.15, 0.2) is 23.5 Å². The highest BCUT2D eigenvalue weighted by atomic mass is 15.1. The van der Waals surface area contributed by atoms with Crippen LogP contribution in [0, 0.1) is 0 Å². The molecule has 0 atom stereocenters. The maximum atomic E-state index is 5.61. The van der Waals surface area contributed by atoms with Crippen molar-refractivity contribution in [3.8, 4) is 0 Å². The van der Waals surface area contributed by atoms with Gasteiger partial charge < -0.3 is 10.6 Å². The molecule has 0 heterocycles. The quantitative estimate of drug-likeness (QED) is 0.586. The van der Waals surface area contributed by atoms with Crippen molar-refractivity contribution in [2.75, 3.05) is 14.1 Å². The van der Waals surface area contributed by atoms with Crippen LogP contribution in [0.3, 0.4) is 0 Å². The van der Waals surface area contributed by atoms with Crippen LogP contribution in [-0.4, -0.2) is 19.0 Å². The monoisotopic (exact) mass is 140 g/mol. The molecule has 0 fully saturated rings. The first-order valence-electron chi connectivity index (χ1n) is 3.36. The van der Waals surface area contributed by atoms with Gasteiger partial charge in [-0.05, 0) is 19.9 Å². The Morgan fingerprint density at radius 2 is 1.90 bits per heavy atom. The molecule has 0 amide bonds. The Hall–Kier alpha value is -0.920. The summed E-state index contributed by atoms with van der Waals surface area (Å²) in [6.07, 6.45) is 3.97. The number of rotatable bonds is 2. The van der Waals surface area contributed by atoms with E-state index < -0.39 is 0 Å². The van der Waals surface area contributed by atoms with E-state index in [2.05, 4.69) is 0 Å². The lowest BCUT2D eigenvalue weighted by Crippen LogP contribution is -2.14. The van der Waals surface area contributed by atoms with Gasteiger partial charge in [0.05, 0.1) is 5.70 Å². The minimum absolute atomic E-state index is 0.850. The first-order chi connectivity index (χ1) is 4.59. The van der Waals surface area contributed by atoms with Crippen molar-refractivity contribution in [1.29, 1.82) is 0 Å². The van der Waals surface area contributed by atoms with Gasteiger partial charge in [0.15, 0.2) is 0 Å². The van der Waals surface area contributed by atoms with Gasteiger partial charge in [0.25, 0.3) is 0 Å². The van der Waals surface area contributed by atoms with E-state index in [1.807, 2.05) is 45.0 Å². The van der Waals surface area contributed by atoms with E-state index in [-0.39, 0.29) is 0 Å². The lowest BCUT2D eigenvalue weighted by molar-refractivity contribution is 0.522. The van der Waals surface area contributed by atoms with Crippen LogP contribution in [-0.2, 0) is 0 Å². The zero-order chi connectivity index (χ0) is 8.15. The van der Waals surface area contributed by atoms with Crippen molar-refractivity contribution in [3.05, 3.63) is 23.5 Å². The summed E-state index contributed by atoms with van der Waals surface area (Å²) in [6, 6.07) is 0. The van der Waals surface area contributed by atoms with Crippen LogP contribution in [0.2, 0.25) is 0 Å². The lowest BCUT2D eigenvalue weighted by Gasteiger charge is -2.14. The summed E-state index contributed by atoms with van der Waals surface area (Å²) in [5.41, 5.74) is 7.53. The molecule has 10 heavy (non-hydrogen) atoms. The molecule has 0 aliphatic rings. The molecule has 0 saturated heterocycles. The van der Waals surface area contributed by atoms with E-state index in [4.69, 9.17) is 5.73 Å². The highest BCUT2D eigenvalue weighted by molar-refractivity contribution is 5.20. The third-order valence-corrected chi connectivity index (χ3v) is 1.21. The van der Waals surface area contributed by atoms with E-state index in [1.54, 1.807) is 0 Å². The highest BCUT2D eigenvalue weighted by Gasteiger charge is 1.95. The molecule has 0 aliphatic heterocycles. The largest absolute Gasteiger partial charge is 0.401 e. The van der Waals surface area contributed by atoms with Crippen LogP contribution in [0.5, 0.6) is 0 Å². The summed E-state index contributed by atoms with van der Waals surface area (Å²) in [6.45, 7) is 3.88. The summed E-state index contributed by atoms with van der Waals surface area (Å²) in [7, 11) is 3.96. The number of allylic oxidation sites excluding steroid dienone is 3. The zero-order valence-electron chi connectivity index (χ0n) is 7.18. The molecule has 58 valence electrons. The van der Waals surface area contributed by atoms with Gasteiger partial charge in [-0.25, -0.2) is 0 Å². The molecule has 0 unspecified atom stereocenters. The molecular formula is C8H16N2. The van der Waals surface area contributed by atoms with Gasteiger partial charge in [-0.2, -0.15) is 0 Å². The minimum Gasteiger partial charge on any atom is -0.401 e. The SMILES string of the molecule is C/C=C\C(=C(\C)N)N(C)C. The van der Waals surface area contributed by atoms with E-state index in [9.17, 15) is 0 Å². The number of nitrogens with zero attached hydrogens (tertiary/aromatic N) is 1. The number of likely N-dealkylation sites (N-methyl/N-ethyl adjacent to an activating group) is 1. The molecule has 0 aromatic heterocycles. The van der Waals surface area contributed by atoms with E-state index in [1.165, 1.54) is 0 Å². The fourth-order valence-electron chi connectivity index (χ4n) is 0.791. The third-order valence-electron chi connectivity index (χ3n) is 1.21. The molecule has 2 N–H and O–H groups in total. The Balaban J connectivity index is 4.44. The second-order valence-electron chi connectivity index (χ2n) is 2.46. The van der Waals surface area contributed by atoms with Crippen LogP contribution in [0.25, 0.3) is 0 Å². The first kappa shape index (κ1) is 9.08. The van der Waals surface area contributed by atoms with E-state index >= 15 is 0 Å². The van der Waals surface area contributed by atoms with Gasteiger partial charge in [-0.15, -0.1) is 0 Å². The molecule has 0 aromatic rings. The molecular weight excluding hydrogens is 124 g/mol. The van der Waals surface area contributed by atoms with Crippen LogP contribution in [0.4, 0.5) is 0 Å². The molecule has 2 nitrogen and oxygen atoms in total. The average Bonchev–Trinajstić information content (AvgIpc) is 1.81. The van der Waals surface area contributed by atoms with Crippen molar-refractivity contribution in [2.45, 2.75) is 13.8 Å². The van der Waals surface area contributed by atoms with Crippen molar-refractivity contribution in [3.63, 3.8) is 0 Å². The predicted molar refractivity (Wildman–Crippen MR) is 45.4 cm³/mol. The van der Waals surface area contributed by atoms with Gasteiger partial charge in [0, 0.05) is 19.8 Å². The van der Waals surface area contributed by atoms with Gasteiger partial charge in [-0.1, -0.05) is 6.08 Å². The molecule has 0 rings (SSSR count). The summed E-state index contributed by atoms with van der Waals surface area (Å²) >= 11 is 0. The zero-order valence-corrected chi connectivity index (χ0v) is 7.18. The summed E-state index contributed by atoms with van der Waals surface area (Å²) in [5, 5.41) is 0. The van der Waals surface area contributed by atoms with Crippen LogP contribution < -0.4 is 5.73 Å². The Morgan fingerprint density at radius 1 is 1.40 bits per heavy atom. The van der Waals surface area contributed by atoms with Crippen molar-refractivity contribution < 1.29 is 0 Å². The molecule has 0 aromatic carbocycles. The third kappa shape index (κ3) is 2.58. The van der Waals surface area contributed by atoms with Crippen molar-refractivity contribution in [1.82, 2.24) is 4.90 Å². The first-order valence-corrected chi connectivity index (χ1v) is 3.36.